The average molecular weight is 348 g/mol. The smallest absolute Gasteiger partial charge is 0.457 e. The van der Waals surface area contributed by atoms with Gasteiger partial charge in [-0.3, -0.25) is 0 Å². The number of fused-ring (bicyclic) bond motifs is 3. The number of pyridine rings is 1. The van der Waals surface area contributed by atoms with Gasteiger partial charge in [-0.05, 0) is 31.2 Å². The van der Waals surface area contributed by atoms with Crippen molar-refractivity contribution in [3.63, 3.8) is 0 Å². The summed E-state index contributed by atoms with van der Waals surface area (Å²) in [6.45, 7) is 1.95. The zero-order valence-corrected chi connectivity index (χ0v) is 14.1. The minimum atomic E-state index is -0.778. The Morgan fingerprint density at radius 1 is 1.08 bits per heavy atom. The SMILES string of the molecule is CCOC(=O)Oc1cc2c(cn1)[nH]c1cccc(Oc3ccccc3)c12. The number of rotatable bonds is 4. The van der Waals surface area contributed by atoms with Gasteiger partial charge in [-0.1, -0.05) is 24.3 Å². The van der Waals surface area contributed by atoms with Crippen LogP contribution >= 0.6 is 0 Å². The van der Waals surface area contributed by atoms with Crippen LogP contribution < -0.4 is 9.47 Å². The number of hydrogen-bond donors (Lipinski definition) is 1. The van der Waals surface area contributed by atoms with Gasteiger partial charge in [0.1, 0.15) is 11.5 Å². The Labute approximate surface area is 149 Å². The van der Waals surface area contributed by atoms with Crippen LogP contribution in [0.3, 0.4) is 0 Å². The summed E-state index contributed by atoms with van der Waals surface area (Å²) >= 11 is 0. The van der Waals surface area contributed by atoms with Crippen molar-refractivity contribution < 1.29 is 19.0 Å². The molecule has 4 rings (SSSR count). The first-order chi connectivity index (χ1) is 12.7. The van der Waals surface area contributed by atoms with Gasteiger partial charge in [0.05, 0.1) is 29.2 Å². The Morgan fingerprint density at radius 2 is 1.92 bits per heavy atom. The summed E-state index contributed by atoms with van der Waals surface area (Å²) in [6.07, 6.45) is 0.843. The Balaban J connectivity index is 1.79. The van der Waals surface area contributed by atoms with E-state index in [9.17, 15) is 4.79 Å². The summed E-state index contributed by atoms with van der Waals surface area (Å²) in [6, 6.07) is 17.0. The molecule has 26 heavy (non-hydrogen) atoms. The number of carbonyl (C=O) groups is 1. The number of aromatic amines is 1. The van der Waals surface area contributed by atoms with Crippen molar-refractivity contribution in [2.24, 2.45) is 0 Å². The summed E-state index contributed by atoms with van der Waals surface area (Å²) < 4.78 is 16.0. The van der Waals surface area contributed by atoms with Crippen LogP contribution in [0.1, 0.15) is 6.92 Å². The predicted octanol–water partition coefficient (Wildman–Crippen LogP) is 5.04. The van der Waals surface area contributed by atoms with Crippen molar-refractivity contribution in [3.05, 3.63) is 60.8 Å². The van der Waals surface area contributed by atoms with Gasteiger partial charge >= 0.3 is 6.16 Å². The number of carbonyl (C=O) groups excluding carboxylic acids is 1. The Morgan fingerprint density at radius 3 is 2.73 bits per heavy atom. The molecular weight excluding hydrogens is 332 g/mol. The maximum Gasteiger partial charge on any atom is 0.515 e. The molecule has 0 atom stereocenters. The van der Waals surface area contributed by atoms with Crippen molar-refractivity contribution in [2.75, 3.05) is 6.61 Å². The quantitative estimate of drug-likeness (QED) is 0.523. The van der Waals surface area contributed by atoms with E-state index < -0.39 is 6.16 Å². The molecule has 0 aliphatic heterocycles. The molecule has 0 saturated carbocycles. The number of ether oxygens (including phenoxy) is 3. The van der Waals surface area contributed by atoms with Crippen LogP contribution in [-0.4, -0.2) is 22.7 Å². The molecule has 2 heterocycles. The highest BCUT2D eigenvalue weighted by Crippen LogP contribution is 2.36. The Kier molecular flexibility index (Phi) is 4.15. The molecule has 2 aromatic carbocycles. The molecule has 0 amide bonds. The zero-order valence-electron chi connectivity index (χ0n) is 14.1. The van der Waals surface area contributed by atoms with Crippen molar-refractivity contribution in [1.29, 1.82) is 0 Å². The van der Waals surface area contributed by atoms with Crippen LogP contribution in [0.15, 0.2) is 60.8 Å². The second-order valence-corrected chi connectivity index (χ2v) is 5.57. The normalized spacial score (nSPS) is 10.8. The summed E-state index contributed by atoms with van der Waals surface area (Å²) in [4.78, 5) is 19.0. The van der Waals surface area contributed by atoms with E-state index in [0.717, 1.165) is 27.6 Å². The van der Waals surface area contributed by atoms with Crippen molar-refractivity contribution in [2.45, 2.75) is 6.92 Å². The van der Waals surface area contributed by atoms with Crippen LogP contribution in [0.4, 0.5) is 4.79 Å². The van der Waals surface area contributed by atoms with Gasteiger partial charge in [-0.2, -0.15) is 0 Å². The van der Waals surface area contributed by atoms with Gasteiger partial charge in [0, 0.05) is 11.5 Å². The molecule has 0 aliphatic carbocycles. The molecule has 130 valence electrons. The van der Waals surface area contributed by atoms with E-state index in [4.69, 9.17) is 14.2 Å². The van der Waals surface area contributed by atoms with Gasteiger partial charge in [0.2, 0.25) is 5.88 Å². The van der Waals surface area contributed by atoms with E-state index in [1.807, 2.05) is 48.5 Å². The standard InChI is InChI=1S/C20H16N2O4/c1-2-24-20(23)26-18-11-14-16(12-21-18)22-15-9-6-10-17(19(14)15)25-13-7-4-3-5-8-13/h3-12,22H,2H2,1H3. The average Bonchev–Trinajstić information content (AvgIpc) is 3.02. The fourth-order valence-electron chi connectivity index (χ4n) is 2.79. The molecule has 0 fully saturated rings. The summed E-state index contributed by atoms with van der Waals surface area (Å²) in [5, 5.41) is 1.74. The maximum absolute atomic E-state index is 11.5. The molecule has 0 aliphatic rings. The molecule has 4 aromatic rings. The molecule has 2 aromatic heterocycles. The van der Waals surface area contributed by atoms with Crippen LogP contribution in [-0.2, 0) is 4.74 Å². The number of nitrogens with one attached hydrogen (secondary N) is 1. The molecule has 6 nitrogen and oxygen atoms in total. The fraction of sp³-hybridized carbons (Fsp3) is 0.100. The topological polar surface area (TPSA) is 73.4 Å². The van der Waals surface area contributed by atoms with Crippen LogP contribution in [0.5, 0.6) is 17.4 Å². The molecule has 1 N–H and O–H groups in total. The number of para-hydroxylation sites is 1. The predicted molar refractivity (Wildman–Crippen MR) is 97.8 cm³/mol. The van der Waals surface area contributed by atoms with Gasteiger partial charge in [0.25, 0.3) is 0 Å². The monoisotopic (exact) mass is 348 g/mol. The fourth-order valence-corrected chi connectivity index (χ4v) is 2.79. The number of nitrogens with zero attached hydrogens (tertiary/aromatic N) is 1. The van der Waals surface area contributed by atoms with Crippen LogP contribution in [0.2, 0.25) is 0 Å². The molecule has 0 saturated heterocycles. The molecule has 6 heteroatoms. The van der Waals surface area contributed by atoms with Gasteiger partial charge in [0.15, 0.2) is 0 Å². The largest absolute Gasteiger partial charge is 0.515 e. The van der Waals surface area contributed by atoms with E-state index in [-0.39, 0.29) is 12.5 Å². The maximum atomic E-state index is 11.5. The van der Waals surface area contributed by atoms with Crippen molar-refractivity contribution in [1.82, 2.24) is 9.97 Å². The number of hydrogen-bond acceptors (Lipinski definition) is 5. The third kappa shape index (κ3) is 3.04. The lowest BCUT2D eigenvalue weighted by atomic mass is 10.1. The first kappa shape index (κ1) is 16.0. The van der Waals surface area contributed by atoms with E-state index >= 15 is 0 Å². The highest BCUT2D eigenvalue weighted by molar-refractivity contribution is 6.10. The van der Waals surface area contributed by atoms with E-state index in [0.29, 0.717) is 5.75 Å². The van der Waals surface area contributed by atoms with Crippen LogP contribution in [0, 0.1) is 0 Å². The second-order valence-electron chi connectivity index (χ2n) is 5.57. The van der Waals surface area contributed by atoms with Gasteiger partial charge in [-0.25, -0.2) is 9.78 Å². The number of benzene rings is 2. The third-order valence-corrected chi connectivity index (χ3v) is 3.86. The van der Waals surface area contributed by atoms with Crippen LogP contribution in [0.25, 0.3) is 21.8 Å². The molecule has 0 unspecified atom stereocenters. The summed E-state index contributed by atoms with van der Waals surface area (Å²) in [7, 11) is 0. The Bertz CT molecular complexity index is 1070. The number of H-pyrrole nitrogens is 1. The minimum absolute atomic E-state index is 0.173. The van der Waals surface area contributed by atoms with Crippen molar-refractivity contribution >= 4 is 28.0 Å². The van der Waals surface area contributed by atoms with Crippen molar-refractivity contribution in [3.8, 4) is 17.4 Å². The third-order valence-electron chi connectivity index (χ3n) is 3.86. The molecule has 0 radical (unpaired) electrons. The van der Waals surface area contributed by atoms with E-state index in [1.54, 1.807) is 19.2 Å². The van der Waals surface area contributed by atoms with E-state index in [1.165, 1.54) is 0 Å². The second kappa shape index (κ2) is 6.76. The minimum Gasteiger partial charge on any atom is -0.457 e. The zero-order chi connectivity index (χ0) is 17.9. The first-order valence-electron chi connectivity index (χ1n) is 8.22. The van der Waals surface area contributed by atoms with E-state index in [2.05, 4.69) is 9.97 Å². The first-order valence-corrected chi connectivity index (χ1v) is 8.22. The summed E-state index contributed by atoms with van der Waals surface area (Å²) in [5.41, 5.74) is 1.73. The molecule has 0 spiro atoms. The van der Waals surface area contributed by atoms with Gasteiger partial charge in [-0.15, -0.1) is 0 Å². The number of aromatic nitrogens is 2. The summed E-state index contributed by atoms with van der Waals surface area (Å²) in [5.74, 6) is 1.62. The lowest BCUT2D eigenvalue weighted by Gasteiger charge is -2.07. The molecular formula is C20H16N2O4. The highest BCUT2D eigenvalue weighted by atomic mass is 16.7. The lowest BCUT2D eigenvalue weighted by molar-refractivity contribution is 0.103. The molecule has 0 bridgehead atoms. The lowest BCUT2D eigenvalue weighted by Crippen LogP contribution is -2.10. The Hall–Kier alpha value is -3.54. The van der Waals surface area contributed by atoms with Gasteiger partial charge < -0.3 is 19.2 Å². The highest BCUT2D eigenvalue weighted by Gasteiger charge is 2.14.